The van der Waals surface area contributed by atoms with E-state index in [1.54, 1.807) is 0 Å². The molecule has 3 rings (SSSR count). The van der Waals surface area contributed by atoms with Gasteiger partial charge in [-0.25, -0.2) is 0 Å². The number of benzene rings is 1. The normalized spacial score (nSPS) is 14.8. The predicted octanol–water partition coefficient (Wildman–Crippen LogP) is 3.13. The molecule has 112 valence electrons. The Kier molecular flexibility index (Phi) is 4.55. The fourth-order valence-electron chi connectivity index (χ4n) is 2.89. The second kappa shape index (κ2) is 6.76. The van der Waals surface area contributed by atoms with Crippen molar-refractivity contribution in [2.45, 2.75) is 39.3 Å². The summed E-state index contributed by atoms with van der Waals surface area (Å²) in [7, 11) is 0. The van der Waals surface area contributed by atoms with E-state index in [0.717, 1.165) is 37.6 Å². The highest BCUT2D eigenvalue weighted by Gasteiger charge is 2.16. The largest absolute Gasteiger partial charge is 0.364 e. The highest BCUT2D eigenvalue weighted by atomic mass is 16.5. The summed E-state index contributed by atoms with van der Waals surface area (Å²) in [4.78, 5) is 2.42. The summed E-state index contributed by atoms with van der Waals surface area (Å²) in [6.45, 7) is 5.70. The molecule has 1 N–H and O–H groups in total. The van der Waals surface area contributed by atoms with Gasteiger partial charge in [-0.15, -0.1) is 0 Å². The Balaban J connectivity index is 1.73. The fraction of sp³-hybridized carbons (Fsp3) is 0.471. The molecule has 0 radical (unpaired) electrons. The van der Waals surface area contributed by atoms with Crippen LogP contribution in [0.1, 0.15) is 36.8 Å². The van der Waals surface area contributed by atoms with Crippen molar-refractivity contribution in [2.75, 3.05) is 18.0 Å². The van der Waals surface area contributed by atoms with Gasteiger partial charge in [0.2, 0.25) is 0 Å². The molecule has 0 spiro atoms. The second-order valence-electron chi connectivity index (χ2n) is 5.57. The van der Waals surface area contributed by atoms with Crippen molar-refractivity contribution in [3.05, 3.63) is 47.3 Å². The lowest BCUT2D eigenvalue weighted by molar-refractivity contribution is 0.373. The van der Waals surface area contributed by atoms with Gasteiger partial charge in [-0.3, -0.25) is 0 Å². The van der Waals surface area contributed by atoms with Crippen LogP contribution in [0, 0.1) is 0 Å². The number of fused-ring (bicyclic) bond motifs is 1. The van der Waals surface area contributed by atoms with Crippen molar-refractivity contribution >= 4 is 5.69 Å². The zero-order chi connectivity index (χ0) is 14.5. The molecule has 1 aromatic heterocycles. The molecule has 1 aliphatic heterocycles. The third-order valence-electron chi connectivity index (χ3n) is 3.97. The molecule has 0 unspecified atom stereocenters. The van der Waals surface area contributed by atoms with E-state index in [2.05, 4.69) is 52.6 Å². The molecule has 0 saturated heterocycles. The molecule has 1 aliphatic rings. The molecular formula is C17H23N3O. The standard InChI is InChI=1S/C17H23N3O/c1-2-18-12-15-11-16(21-19-15)13-20-10-6-5-8-14-7-3-4-9-17(14)20/h3-4,7,9,11,18H,2,5-6,8,10,12-13H2,1H3. The number of aromatic nitrogens is 1. The number of hydrogen-bond acceptors (Lipinski definition) is 4. The van der Waals surface area contributed by atoms with Gasteiger partial charge >= 0.3 is 0 Å². The summed E-state index contributed by atoms with van der Waals surface area (Å²) in [5.41, 5.74) is 3.77. The van der Waals surface area contributed by atoms with Crippen molar-refractivity contribution < 1.29 is 4.52 Å². The molecule has 0 saturated carbocycles. The molecule has 0 atom stereocenters. The van der Waals surface area contributed by atoms with Gasteiger partial charge in [-0.1, -0.05) is 30.3 Å². The number of nitrogens with zero attached hydrogens (tertiary/aromatic N) is 2. The number of hydrogen-bond donors (Lipinski definition) is 1. The molecule has 0 fully saturated rings. The minimum absolute atomic E-state index is 0.774. The summed E-state index contributed by atoms with van der Waals surface area (Å²) < 4.78 is 5.49. The highest BCUT2D eigenvalue weighted by molar-refractivity contribution is 5.54. The van der Waals surface area contributed by atoms with Crippen LogP contribution in [0.2, 0.25) is 0 Å². The van der Waals surface area contributed by atoms with E-state index in [1.807, 2.05) is 0 Å². The number of anilines is 1. The SMILES string of the molecule is CCNCc1cc(CN2CCCCc3ccccc32)on1. The summed E-state index contributed by atoms with van der Waals surface area (Å²) in [5, 5.41) is 7.41. The number of aryl methyl sites for hydroxylation is 1. The predicted molar refractivity (Wildman–Crippen MR) is 84.3 cm³/mol. The Labute approximate surface area is 126 Å². The van der Waals surface area contributed by atoms with Crippen LogP contribution in [-0.4, -0.2) is 18.2 Å². The van der Waals surface area contributed by atoms with Crippen LogP contribution in [0.5, 0.6) is 0 Å². The quantitative estimate of drug-likeness (QED) is 0.916. The maximum absolute atomic E-state index is 5.49. The van der Waals surface area contributed by atoms with Crippen LogP contribution in [0.3, 0.4) is 0 Å². The van der Waals surface area contributed by atoms with Crippen molar-refractivity contribution in [1.82, 2.24) is 10.5 Å². The van der Waals surface area contributed by atoms with Crippen molar-refractivity contribution in [1.29, 1.82) is 0 Å². The molecule has 0 bridgehead atoms. The van der Waals surface area contributed by atoms with Crippen LogP contribution in [0.25, 0.3) is 0 Å². The van der Waals surface area contributed by atoms with Gasteiger partial charge < -0.3 is 14.7 Å². The smallest absolute Gasteiger partial charge is 0.156 e. The van der Waals surface area contributed by atoms with E-state index in [-0.39, 0.29) is 0 Å². The average molecular weight is 285 g/mol. The number of para-hydroxylation sites is 1. The van der Waals surface area contributed by atoms with Gasteiger partial charge in [0.15, 0.2) is 5.76 Å². The third kappa shape index (κ3) is 3.45. The zero-order valence-electron chi connectivity index (χ0n) is 12.6. The molecular weight excluding hydrogens is 262 g/mol. The van der Waals surface area contributed by atoms with Gasteiger partial charge in [-0.05, 0) is 37.4 Å². The molecule has 4 nitrogen and oxygen atoms in total. The van der Waals surface area contributed by atoms with E-state index < -0.39 is 0 Å². The van der Waals surface area contributed by atoms with Gasteiger partial charge in [0, 0.05) is 24.8 Å². The topological polar surface area (TPSA) is 41.3 Å². The Hall–Kier alpha value is -1.81. The Bertz CT molecular complexity index is 579. The van der Waals surface area contributed by atoms with Gasteiger partial charge in [0.05, 0.1) is 12.2 Å². The first-order valence-corrected chi connectivity index (χ1v) is 7.85. The summed E-state index contributed by atoms with van der Waals surface area (Å²) in [6, 6.07) is 10.8. The van der Waals surface area contributed by atoms with Crippen molar-refractivity contribution in [3.8, 4) is 0 Å². The lowest BCUT2D eigenvalue weighted by atomic mass is 10.1. The van der Waals surface area contributed by atoms with Gasteiger partial charge in [0.25, 0.3) is 0 Å². The van der Waals surface area contributed by atoms with E-state index in [4.69, 9.17) is 4.52 Å². The zero-order valence-corrected chi connectivity index (χ0v) is 12.6. The lowest BCUT2D eigenvalue weighted by Crippen LogP contribution is -2.23. The maximum Gasteiger partial charge on any atom is 0.156 e. The fourth-order valence-corrected chi connectivity index (χ4v) is 2.89. The Morgan fingerprint density at radius 2 is 2.19 bits per heavy atom. The third-order valence-corrected chi connectivity index (χ3v) is 3.97. The number of nitrogens with one attached hydrogen (secondary N) is 1. The van der Waals surface area contributed by atoms with E-state index in [1.165, 1.54) is 30.5 Å². The molecule has 21 heavy (non-hydrogen) atoms. The average Bonchev–Trinajstić information content (AvgIpc) is 2.86. The molecule has 1 aromatic carbocycles. The second-order valence-corrected chi connectivity index (χ2v) is 5.57. The van der Waals surface area contributed by atoms with E-state index >= 15 is 0 Å². The first-order valence-electron chi connectivity index (χ1n) is 7.85. The van der Waals surface area contributed by atoms with Crippen molar-refractivity contribution in [2.24, 2.45) is 0 Å². The van der Waals surface area contributed by atoms with E-state index in [9.17, 15) is 0 Å². The van der Waals surface area contributed by atoms with Crippen LogP contribution in [-0.2, 0) is 19.5 Å². The van der Waals surface area contributed by atoms with Crippen LogP contribution in [0.15, 0.2) is 34.9 Å². The summed E-state index contributed by atoms with van der Waals surface area (Å²) in [5.74, 6) is 0.944. The first-order chi connectivity index (χ1) is 10.4. The minimum atomic E-state index is 0.774. The van der Waals surface area contributed by atoms with Crippen LogP contribution in [0.4, 0.5) is 5.69 Å². The highest BCUT2D eigenvalue weighted by Crippen LogP contribution is 2.27. The van der Waals surface area contributed by atoms with Gasteiger partial charge in [0.1, 0.15) is 0 Å². The first kappa shape index (κ1) is 14.1. The minimum Gasteiger partial charge on any atom is -0.364 e. The summed E-state index contributed by atoms with van der Waals surface area (Å²) in [6.07, 6.45) is 3.66. The van der Waals surface area contributed by atoms with Crippen molar-refractivity contribution in [3.63, 3.8) is 0 Å². The molecule has 2 heterocycles. The van der Waals surface area contributed by atoms with Crippen LogP contribution >= 0.6 is 0 Å². The van der Waals surface area contributed by atoms with E-state index in [0.29, 0.717) is 0 Å². The Morgan fingerprint density at radius 1 is 1.29 bits per heavy atom. The van der Waals surface area contributed by atoms with Gasteiger partial charge in [-0.2, -0.15) is 0 Å². The molecule has 4 heteroatoms. The molecule has 0 aliphatic carbocycles. The molecule has 0 amide bonds. The maximum atomic E-state index is 5.49. The number of rotatable bonds is 5. The van der Waals surface area contributed by atoms with Crippen LogP contribution < -0.4 is 10.2 Å². The molecule has 2 aromatic rings. The monoisotopic (exact) mass is 285 g/mol. The lowest BCUT2D eigenvalue weighted by Gasteiger charge is -2.23. The summed E-state index contributed by atoms with van der Waals surface area (Å²) >= 11 is 0. The Morgan fingerprint density at radius 3 is 3.10 bits per heavy atom.